The standard InChI is InChI=1S/C20H32N2/c1-15(2)18-11-19(21-12-17-7-5-4-6-8-17)14-22(13-18)20-10-9-16(20)3/h4-8,15-16,18-21H,9-14H2,1-3H3. The minimum Gasteiger partial charge on any atom is -0.309 e. The van der Waals surface area contributed by atoms with Crippen LogP contribution in [0.3, 0.4) is 0 Å². The molecule has 122 valence electrons. The molecule has 1 aromatic carbocycles. The van der Waals surface area contributed by atoms with Crippen LogP contribution in [0, 0.1) is 17.8 Å². The molecule has 22 heavy (non-hydrogen) atoms. The monoisotopic (exact) mass is 300 g/mol. The van der Waals surface area contributed by atoms with Crippen LogP contribution in [0.4, 0.5) is 0 Å². The maximum atomic E-state index is 3.83. The summed E-state index contributed by atoms with van der Waals surface area (Å²) in [5, 5.41) is 3.83. The Labute approximate surface area is 136 Å². The van der Waals surface area contributed by atoms with Gasteiger partial charge < -0.3 is 5.32 Å². The Morgan fingerprint density at radius 2 is 1.91 bits per heavy atom. The lowest BCUT2D eigenvalue weighted by Crippen LogP contribution is -2.57. The molecule has 0 amide bonds. The molecule has 2 aliphatic rings. The molecule has 2 nitrogen and oxygen atoms in total. The summed E-state index contributed by atoms with van der Waals surface area (Å²) in [6, 6.07) is 12.3. The zero-order valence-corrected chi connectivity index (χ0v) is 14.5. The number of nitrogens with one attached hydrogen (secondary N) is 1. The van der Waals surface area contributed by atoms with Crippen LogP contribution in [0.1, 0.15) is 45.6 Å². The molecule has 1 aliphatic heterocycles. The highest BCUT2D eigenvalue weighted by Crippen LogP contribution is 2.35. The van der Waals surface area contributed by atoms with E-state index in [9.17, 15) is 0 Å². The van der Waals surface area contributed by atoms with Crippen LogP contribution in [-0.2, 0) is 6.54 Å². The summed E-state index contributed by atoms with van der Waals surface area (Å²) in [4.78, 5) is 2.80. The molecular weight excluding hydrogens is 268 g/mol. The fraction of sp³-hybridized carbons (Fsp3) is 0.700. The maximum absolute atomic E-state index is 3.83. The molecule has 0 aromatic heterocycles. The molecule has 4 unspecified atom stereocenters. The SMILES string of the molecule is CC(C)C1CC(NCc2ccccc2)CN(C2CCC2C)C1. The van der Waals surface area contributed by atoms with E-state index < -0.39 is 0 Å². The average molecular weight is 300 g/mol. The first-order valence-corrected chi connectivity index (χ1v) is 9.15. The van der Waals surface area contributed by atoms with Crippen molar-refractivity contribution < 1.29 is 0 Å². The van der Waals surface area contributed by atoms with E-state index in [0.29, 0.717) is 6.04 Å². The van der Waals surface area contributed by atoms with Crippen molar-refractivity contribution in [2.75, 3.05) is 13.1 Å². The number of hydrogen-bond donors (Lipinski definition) is 1. The van der Waals surface area contributed by atoms with E-state index in [1.165, 1.54) is 37.9 Å². The van der Waals surface area contributed by atoms with Crippen LogP contribution in [0.25, 0.3) is 0 Å². The third kappa shape index (κ3) is 3.72. The van der Waals surface area contributed by atoms with Crippen LogP contribution >= 0.6 is 0 Å². The van der Waals surface area contributed by atoms with Gasteiger partial charge in [0.05, 0.1) is 0 Å². The zero-order valence-electron chi connectivity index (χ0n) is 14.5. The lowest BCUT2D eigenvalue weighted by Gasteiger charge is -2.49. The fourth-order valence-corrected chi connectivity index (χ4v) is 4.12. The summed E-state index contributed by atoms with van der Waals surface area (Å²) in [7, 11) is 0. The van der Waals surface area contributed by atoms with E-state index in [2.05, 4.69) is 61.3 Å². The maximum Gasteiger partial charge on any atom is 0.0208 e. The van der Waals surface area contributed by atoms with Gasteiger partial charge >= 0.3 is 0 Å². The van der Waals surface area contributed by atoms with Crippen molar-refractivity contribution in [1.29, 1.82) is 0 Å². The van der Waals surface area contributed by atoms with Crippen molar-refractivity contribution in [3.8, 4) is 0 Å². The first-order chi connectivity index (χ1) is 10.6. The van der Waals surface area contributed by atoms with Crippen molar-refractivity contribution in [2.24, 2.45) is 17.8 Å². The summed E-state index contributed by atoms with van der Waals surface area (Å²) in [6.07, 6.45) is 4.18. The summed E-state index contributed by atoms with van der Waals surface area (Å²) < 4.78 is 0. The third-order valence-electron chi connectivity index (χ3n) is 5.94. The highest BCUT2D eigenvalue weighted by Gasteiger charge is 2.37. The van der Waals surface area contributed by atoms with Crippen molar-refractivity contribution in [2.45, 2.75) is 58.7 Å². The molecule has 4 atom stereocenters. The van der Waals surface area contributed by atoms with Crippen LogP contribution in [-0.4, -0.2) is 30.1 Å². The number of rotatable bonds is 5. The minimum absolute atomic E-state index is 0.647. The second-order valence-corrected chi connectivity index (χ2v) is 7.88. The summed E-state index contributed by atoms with van der Waals surface area (Å²) in [5.74, 6) is 2.54. The molecule has 2 heteroatoms. The molecular formula is C20H32N2. The molecule has 1 aliphatic carbocycles. The largest absolute Gasteiger partial charge is 0.309 e. The minimum atomic E-state index is 0.647. The van der Waals surface area contributed by atoms with Crippen molar-refractivity contribution in [1.82, 2.24) is 10.2 Å². The van der Waals surface area contributed by atoms with Crippen molar-refractivity contribution >= 4 is 0 Å². The number of nitrogens with zero attached hydrogens (tertiary/aromatic N) is 1. The van der Waals surface area contributed by atoms with Gasteiger partial charge in [0.15, 0.2) is 0 Å². The highest BCUT2D eigenvalue weighted by atomic mass is 15.2. The second-order valence-electron chi connectivity index (χ2n) is 7.88. The van der Waals surface area contributed by atoms with Gasteiger partial charge in [-0.25, -0.2) is 0 Å². The van der Waals surface area contributed by atoms with E-state index >= 15 is 0 Å². The predicted octanol–water partition coefficient (Wildman–Crippen LogP) is 3.92. The molecule has 1 saturated carbocycles. The Bertz CT molecular complexity index is 456. The Hall–Kier alpha value is -0.860. The van der Waals surface area contributed by atoms with Gasteiger partial charge in [-0.2, -0.15) is 0 Å². The Kier molecular flexibility index (Phi) is 5.20. The van der Waals surface area contributed by atoms with E-state index in [0.717, 1.165) is 30.3 Å². The smallest absolute Gasteiger partial charge is 0.0208 e. The normalized spacial score (nSPS) is 32.9. The van der Waals surface area contributed by atoms with Gasteiger partial charge in [0, 0.05) is 31.7 Å². The number of piperidine rings is 1. The van der Waals surface area contributed by atoms with Gasteiger partial charge in [0.1, 0.15) is 0 Å². The Morgan fingerprint density at radius 1 is 1.14 bits per heavy atom. The number of benzene rings is 1. The van der Waals surface area contributed by atoms with Gasteiger partial charge in [0.2, 0.25) is 0 Å². The molecule has 1 saturated heterocycles. The van der Waals surface area contributed by atoms with Gasteiger partial charge in [0.25, 0.3) is 0 Å². The quantitative estimate of drug-likeness (QED) is 0.886. The van der Waals surface area contributed by atoms with Crippen LogP contribution in [0.5, 0.6) is 0 Å². The molecule has 1 aromatic rings. The Balaban J connectivity index is 1.59. The topological polar surface area (TPSA) is 15.3 Å². The second kappa shape index (κ2) is 7.14. The van der Waals surface area contributed by atoms with E-state index in [1.54, 1.807) is 0 Å². The van der Waals surface area contributed by atoms with E-state index in [1.807, 2.05) is 0 Å². The van der Waals surface area contributed by atoms with Crippen LogP contribution in [0.15, 0.2) is 30.3 Å². The molecule has 3 rings (SSSR count). The molecule has 0 bridgehead atoms. The summed E-state index contributed by atoms with van der Waals surface area (Å²) in [5.41, 5.74) is 1.40. The molecule has 2 fully saturated rings. The molecule has 0 spiro atoms. The third-order valence-corrected chi connectivity index (χ3v) is 5.94. The highest BCUT2D eigenvalue weighted by molar-refractivity contribution is 5.14. The Morgan fingerprint density at radius 3 is 2.50 bits per heavy atom. The average Bonchev–Trinajstić information content (AvgIpc) is 2.52. The summed E-state index contributed by atoms with van der Waals surface area (Å²) in [6.45, 7) is 10.8. The van der Waals surface area contributed by atoms with Crippen molar-refractivity contribution in [3.63, 3.8) is 0 Å². The number of likely N-dealkylation sites (tertiary alicyclic amines) is 1. The first-order valence-electron chi connectivity index (χ1n) is 9.15. The van der Waals surface area contributed by atoms with E-state index in [4.69, 9.17) is 0 Å². The zero-order chi connectivity index (χ0) is 15.5. The number of hydrogen-bond acceptors (Lipinski definition) is 2. The molecule has 1 heterocycles. The molecule has 0 radical (unpaired) electrons. The summed E-state index contributed by atoms with van der Waals surface area (Å²) >= 11 is 0. The van der Waals surface area contributed by atoms with Gasteiger partial charge in [-0.15, -0.1) is 0 Å². The van der Waals surface area contributed by atoms with Crippen LogP contribution < -0.4 is 5.32 Å². The van der Waals surface area contributed by atoms with Crippen molar-refractivity contribution in [3.05, 3.63) is 35.9 Å². The van der Waals surface area contributed by atoms with Gasteiger partial charge in [-0.3, -0.25) is 4.90 Å². The first kappa shape index (κ1) is 16.0. The fourth-order valence-electron chi connectivity index (χ4n) is 4.12. The van der Waals surface area contributed by atoms with E-state index in [-0.39, 0.29) is 0 Å². The lowest BCUT2D eigenvalue weighted by molar-refractivity contribution is 0.0129. The van der Waals surface area contributed by atoms with Gasteiger partial charge in [-0.05, 0) is 42.6 Å². The predicted molar refractivity (Wildman–Crippen MR) is 93.8 cm³/mol. The van der Waals surface area contributed by atoms with Gasteiger partial charge in [-0.1, -0.05) is 51.1 Å². The lowest BCUT2D eigenvalue weighted by atomic mass is 9.77. The van der Waals surface area contributed by atoms with Crippen LogP contribution in [0.2, 0.25) is 0 Å². The molecule has 1 N–H and O–H groups in total.